The van der Waals surface area contributed by atoms with E-state index in [2.05, 4.69) is 23.2 Å². The van der Waals surface area contributed by atoms with Crippen LogP contribution in [-0.2, 0) is 16.8 Å². The summed E-state index contributed by atoms with van der Waals surface area (Å²) in [6, 6.07) is 8.29. The SMILES string of the molecule is NCCc1c[nH]c2ccccc12.O=S(=O)([O-])[O-]. The summed E-state index contributed by atoms with van der Waals surface area (Å²) in [6.07, 6.45) is 2.99. The van der Waals surface area contributed by atoms with Crippen molar-refractivity contribution in [3.8, 4) is 0 Å². The lowest BCUT2D eigenvalue weighted by atomic mass is 10.1. The molecule has 0 spiro atoms. The van der Waals surface area contributed by atoms with E-state index >= 15 is 0 Å². The zero-order valence-corrected chi connectivity index (χ0v) is 9.74. The number of benzene rings is 1. The fraction of sp³-hybridized carbons (Fsp3) is 0.200. The van der Waals surface area contributed by atoms with Gasteiger partial charge in [-0.3, -0.25) is 8.42 Å². The number of aromatic nitrogens is 1. The van der Waals surface area contributed by atoms with Gasteiger partial charge in [0.1, 0.15) is 0 Å². The topological polar surface area (TPSA) is 122 Å². The second-order valence-electron chi connectivity index (χ2n) is 3.31. The number of hydrogen-bond donors (Lipinski definition) is 2. The maximum Gasteiger partial charge on any atom is 0.0456 e. The molecule has 0 aliphatic rings. The number of H-pyrrole nitrogens is 1. The van der Waals surface area contributed by atoms with Gasteiger partial charge >= 0.3 is 0 Å². The van der Waals surface area contributed by atoms with E-state index in [9.17, 15) is 0 Å². The number of aromatic amines is 1. The first kappa shape index (κ1) is 13.7. The lowest BCUT2D eigenvalue weighted by molar-refractivity contribution is 0.352. The highest BCUT2D eigenvalue weighted by molar-refractivity contribution is 7.79. The number of nitrogens with one attached hydrogen (secondary N) is 1. The van der Waals surface area contributed by atoms with Crippen LogP contribution in [0.2, 0.25) is 0 Å². The van der Waals surface area contributed by atoms with Crippen molar-refractivity contribution < 1.29 is 17.5 Å². The summed E-state index contributed by atoms with van der Waals surface area (Å²) in [5.74, 6) is 0. The Kier molecular flexibility index (Phi) is 4.64. The van der Waals surface area contributed by atoms with Crippen LogP contribution in [0.1, 0.15) is 5.56 Å². The largest absolute Gasteiger partial charge is 0.759 e. The molecule has 0 radical (unpaired) electrons. The first-order valence-electron chi connectivity index (χ1n) is 4.83. The molecule has 2 aromatic rings. The predicted molar refractivity (Wildman–Crippen MR) is 61.5 cm³/mol. The first-order chi connectivity index (χ1) is 7.92. The van der Waals surface area contributed by atoms with Crippen LogP contribution >= 0.6 is 0 Å². The van der Waals surface area contributed by atoms with Gasteiger partial charge in [-0.1, -0.05) is 18.2 Å². The molecule has 94 valence electrons. The smallest absolute Gasteiger partial charge is 0.0456 e. The molecular formula is C10H12N2O4S-2. The van der Waals surface area contributed by atoms with Gasteiger partial charge in [0.15, 0.2) is 0 Å². The zero-order chi connectivity index (χ0) is 12.9. The minimum Gasteiger partial charge on any atom is -0.759 e. The number of fused-ring (bicyclic) bond motifs is 1. The van der Waals surface area contributed by atoms with E-state index in [1.165, 1.54) is 16.5 Å². The van der Waals surface area contributed by atoms with E-state index in [-0.39, 0.29) is 0 Å². The van der Waals surface area contributed by atoms with Crippen LogP contribution in [-0.4, -0.2) is 29.1 Å². The van der Waals surface area contributed by atoms with Gasteiger partial charge in [0.05, 0.1) is 0 Å². The van der Waals surface area contributed by atoms with Crippen LogP contribution in [0.5, 0.6) is 0 Å². The molecule has 3 N–H and O–H groups in total. The fourth-order valence-corrected chi connectivity index (χ4v) is 1.49. The molecule has 0 fully saturated rings. The highest BCUT2D eigenvalue weighted by atomic mass is 32.3. The van der Waals surface area contributed by atoms with E-state index < -0.39 is 10.4 Å². The Hall–Kier alpha value is -1.41. The van der Waals surface area contributed by atoms with Crippen molar-refractivity contribution in [2.75, 3.05) is 6.54 Å². The highest BCUT2D eigenvalue weighted by Crippen LogP contribution is 2.17. The van der Waals surface area contributed by atoms with Gasteiger partial charge < -0.3 is 19.8 Å². The van der Waals surface area contributed by atoms with E-state index in [0.717, 1.165) is 6.42 Å². The number of para-hydroxylation sites is 1. The van der Waals surface area contributed by atoms with Crippen LogP contribution in [0.15, 0.2) is 30.5 Å². The predicted octanol–water partition coefficient (Wildman–Crippen LogP) is 0.331. The molecule has 0 bridgehead atoms. The van der Waals surface area contributed by atoms with Crippen LogP contribution in [0.4, 0.5) is 0 Å². The molecule has 0 aliphatic carbocycles. The summed E-state index contributed by atoms with van der Waals surface area (Å²) >= 11 is 0. The zero-order valence-electron chi connectivity index (χ0n) is 8.92. The molecule has 7 heteroatoms. The Morgan fingerprint density at radius 1 is 1.24 bits per heavy atom. The third-order valence-corrected chi connectivity index (χ3v) is 2.09. The minimum absolute atomic E-state index is 0.710. The fourth-order valence-electron chi connectivity index (χ4n) is 1.49. The molecule has 17 heavy (non-hydrogen) atoms. The molecule has 0 amide bonds. The quantitative estimate of drug-likeness (QED) is 0.592. The Morgan fingerprint density at radius 2 is 1.82 bits per heavy atom. The average molecular weight is 256 g/mol. The lowest BCUT2D eigenvalue weighted by Gasteiger charge is -2.06. The van der Waals surface area contributed by atoms with Crippen molar-refractivity contribution in [3.63, 3.8) is 0 Å². The van der Waals surface area contributed by atoms with Gasteiger partial charge in [-0.15, -0.1) is 0 Å². The lowest BCUT2D eigenvalue weighted by Crippen LogP contribution is -2.01. The standard InChI is InChI=1S/C10H12N2.H2O4S/c11-6-5-8-7-12-10-4-2-1-3-9(8)10;1-5(2,3)4/h1-4,7,12H,5-6,11H2;(H2,1,2,3,4)/p-2. The third kappa shape index (κ3) is 4.96. The minimum atomic E-state index is -5.17. The third-order valence-electron chi connectivity index (χ3n) is 2.09. The van der Waals surface area contributed by atoms with Crippen LogP contribution in [0, 0.1) is 0 Å². The molecule has 0 saturated heterocycles. The number of nitrogens with two attached hydrogens (primary N) is 1. The van der Waals surface area contributed by atoms with Crippen molar-refractivity contribution in [2.24, 2.45) is 5.73 Å². The summed E-state index contributed by atoms with van der Waals surface area (Å²) in [7, 11) is -5.17. The van der Waals surface area contributed by atoms with E-state index in [4.69, 9.17) is 23.3 Å². The molecule has 0 aliphatic heterocycles. The van der Waals surface area contributed by atoms with Gasteiger partial charge in [0.2, 0.25) is 0 Å². The Labute approximate surface area is 99.0 Å². The maximum atomic E-state index is 8.52. The Bertz CT molecular complexity index is 569. The summed E-state index contributed by atoms with van der Waals surface area (Å²) < 4.78 is 34.1. The normalized spacial score (nSPS) is 11.0. The van der Waals surface area contributed by atoms with E-state index in [0.29, 0.717) is 6.54 Å². The molecule has 1 heterocycles. The van der Waals surface area contributed by atoms with Crippen molar-refractivity contribution >= 4 is 21.3 Å². The van der Waals surface area contributed by atoms with E-state index in [1.807, 2.05) is 12.3 Å². The summed E-state index contributed by atoms with van der Waals surface area (Å²) in [6.45, 7) is 0.710. The molecule has 0 atom stereocenters. The summed E-state index contributed by atoms with van der Waals surface area (Å²) in [5.41, 5.74) is 8.01. The van der Waals surface area contributed by atoms with Gasteiger partial charge in [-0.2, -0.15) is 0 Å². The molecule has 1 aromatic heterocycles. The average Bonchev–Trinajstić information content (AvgIpc) is 2.60. The molecule has 0 unspecified atom stereocenters. The molecule has 6 nitrogen and oxygen atoms in total. The van der Waals surface area contributed by atoms with Crippen LogP contribution < -0.4 is 5.73 Å². The monoisotopic (exact) mass is 256 g/mol. The number of hydrogen-bond acceptors (Lipinski definition) is 5. The second-order valence-corrected chi connectivity index (χ2v) is 4.12. The maximum absolute atomic E-state index is 8.52. The van der Waals surface area contributed by atoms with Gasteiger partial charge in [0, 0.05) is 27.5 Å². The molecule has 1 aromatic carbocycles. The van der Waals surface area contributed by atoms with Crippen LogP contribution in [0.3, 0.4) is 0 Å². The highest BCUT2D eigenvalue weighted by Gasteiger charge is 1.99. The summed E-state index contributed by atoms with van der Waals surface area (Å²) in [5, 5.41) is 1.29. The Morgan fingerprint density at radius 3 is 2.41 bits per heavy atom. The number of rotatable bonds is 2. The Balaban J connectivity index is 0.000000249. The van der Waals surface area contributed by atoms with Crippen molar-refractivity contribution in [1.29, 1.82) is 0 Å². The van der Waals surface area contributed by atoms with Crippen LogP contribution in [0.25, 0.3) is 10.9 Å². The van der Waals surface area contributed by atoms with Crippen molar-refractivity contribution in [2.45, 2.75) is 6.42 Å². The van der Waals surface area contributed by atoms with Gasteiger partial charge in [-0.05, 0) is 24.6 Å². The van der Waals surface area contributed by atoms with E-state index in [1.54, 1.807) is 0 Å². The van der Waals surface area contributed by atoms with Crippen molar-refractivity contribution in [1.82, 2.24) is 4.98 Å². The van der Waals surface area contributed by atoms with Crippen molar-refractivity contribution in [3.05, 3.63) is 36.0 Å². The summed E-state index contributed by atoms with van der Waals surface area (Å²) in [4.78, 5) is 3.22. The molecule has 0 saturated carbocycles. The molecule has 2 rings (SSSR count). The van der Waals surface area contributed by atoms with Gasteiger partial charge in [-0.25, -0.2) is 0 Å². The molecular weight excluding hydrogens is 244 g/mol. The first-order valence-corrected chi connectivity index (χ1v) is 6.17. The second kappa shape index (κ2) is 5.78. The van der Waals surface area contributed by atoms with Gasteiger partial charge in [0.25, 0.3) is 0 Å².